The van der Waals surface area contributed by atoms with Gasteiger partial charge in [-0.3, -0.25) is 4.31 Å². The first-order valence-corrected chi connectivity index (χ1v) is 14.4. The van der Waals surface area contributed by atoms with Crippen molar-refractivity contribution in [3.63, 3.8) is 0 Å². The van der Waals surface area contributed by atoms with Gasteiger partial charge in [0.1, 0.15) is 0 Å². The summed E-state index contributed by atoms with van der Waals surface area (Å²) in [6.07, 6.45) is 0. The van der Waals surface area contributed by atoms with Crippen LogP contribution in [0.3, 0.4) is 0 Å². The molecule has 0 amide bonds. The van der Waals surface area contributed by atoms with Crippen LogP contribution in [-0.4, -0.2) is 0 Å². The van der Waals surface area contributed by atoms with Crippen LogP contribution in [0.5, 0.6) is 0 Å². The van der Waals surface area contributed by atoms with Gasteiger partial charge < -0.3 is 5.32 Å². The Labute approximate surface area is 245 Å². The number of nitrogens with one attached hydrogen (secondary N) is 1. The lowest BCUT2D eigenvalue weighted by Gasteiger charge is -2.25. The number of aryl methyl sites for hydroxylation is 4. The van der Waals surface area contributed by atoms with Gasteiger partial charge in [0.05, 0.1) is 11.4 Å². The molecule has 0 aliphatic rings. The van der Waals surface area contributed by atoms with Crippen LogP contribution in [0.2, 0.25) is 0 Å². The van der Waals surface area contributed by atoms with Crippen LogP contribution >= 0.6 is 12.8 Å². The van der Waals surface area contributed by atoms with Gasteiger partial charge in [-0.15, -0.1) is 0 Å². The molecule has 0 spiro atoms. The molecule has 202 valence electrons. The molecule has 0 aliphatic heterocycles. The fourth-order valence-corrected chi connectivity index (χ4v) is 6.07. The third kappa shape index (κ3) is 5.80. The molecule has 0 unspecified atom stereocenters. The number of thiol groups is 1. The highest BCUT2D eigenvalue weighted by Crippen LogP contribution is 2.44. The summed E-state index contributed by atoms with van der Waals surface area (Å²) in [6.45, 7) is 13.1. The molecule has 5 aromatic rings. The molecule has 1 N–H and O–H groups in total. The molecule has 0 fully saturated rings. The molecule has 0 bridgehead atoms. The molecule has 5 rings (SSSR count). The average Bonchev–Trinajstić information content (AvgIpc) is 2.91. The van der Waals surface area contributed by atoms with E-state index in [0.717, 1.165) is 22.7 Å². The summed E-state index contributed by atoms with van der Waals surface area (Å²) >= 11 is 5.02. The average molecular weight is 543 g/mol. The lowest BCUT2D eigenvalue weighted by atomic mass is 9.85. The first kappa shape index (κ1) is 27.6. The number of benzene rings is 5. The Balaban J connectivity index is 1.65. The smallest absolute Gasteiger partial charge is 0.0601 e. The Kier molecular flexibility index (Phi) is 8.04. The van der Waals surface area contributed by atoms with Crippen LogP contribution in [-0.2, 0) is 0 Å². The van der Waals surface area contributed by atoms with E-state index in [-0.39, 0.29) is 0 Å². The molecule has 5 aromatic carbocycles. The second kappa shape index (κ2) is 11.7. The van der Waals surface area contributed by atoms with Gasteiger partial charge in [-0.25, -0.2) is 0 Å². The lowest BCUT2D eigenvalue weighted by molar-refractivity contribution is 0.871. The maximum atomic E-state index is 5.02. The second-order valence-electron chi connectivity index (χ2n) is 11.1. The number of hydrogen-bond donors (Lipinski definition) is 2. The Morgan fingerprint density at radius 3 is 1.70 bits per heavy atom. The minimum Gasteiger partial charge on any atom is -0.355 e. The quantitative estimate of drug-likeness (QED) is 0.199. The third-order valence-electron chi connectivity index (χ3n) is 7.27. The highest BCUT2D eigenvalue weighted by molar-refractivity contribution is 7.82. The monoisotopic (exact) mass is 542 g/mol. The Bertz CT molecular complexity index is 1630. The lowest BCUT2D eigenvalue weighted by Crippen LogP contribution is -2.06. The van der Waals surface area contributed by atoms with E-state index in [1.54, 1.807) is 0 Å². The number of anilines is 4. The zero-order chi connectivity index (χ0) is 28.4. The summed E-state index contributed by atoms with van der Waals surface area (Å²) in [7, 11) is 0. The van der Waals surface area contributed by atoms with E-state index >= 15 is 0 Å². The zero-order valence-corrected chi connectivity index (χ0v) is 25.2. The van der Waals surface area contributed by atoms with Crippen LogP contribution in [0.1, 0.15) is 47.6 Å². The summed E-state index contributed by atoms with van der Waals surface area (Å²) in [5, 5.41) is 3.72. The van der Waals surface area contributed by atoms with Crippen molar-refractivity contribution in [3.8, 4) is 22.3 Å². The maximum absolute atomic E-state index is 5.02. The van der Waals surface area contributed by atoms with Gasteiger partial charge in [0.25, 0.3) is 0 Å². The highest BCUT2D eigenvalue weighted by atomic mass is 32.1. The largest absolute Gasteiger partial charge is 0.355 e. The molecular formula is C37H38N2S. The molecule has 0 saturated heterocycles. The van der Waals surface area contributed by atoms with Crippen molar-refractivity contribution < 1.29 is 0 Å². The highest BCUT2D eigenvalue weighted by Gasteiger charge is 2.20. The van der Waals surface area contributed by atoms with Crippen molar-refractivity contribution in [1.29, 1.82) is 0 Å². The maximum Gasteiger partial charge on any atom is 0.0601 e. The topological polar surface area (TPSA) is 15.3 Å². The van der Waals surface area contributed by atoms with Gasteiger partial charge in [0.15, 0.2) is 0 Å². The van der Waals surface area contributed by atoms with E-state index in [4.69, 9.17) is 12.8 Å². The van der Waals surface area contributed by atoms with E-state index in [1.807, 2.05) is 4.31 Å². The van der Waals surface area contributed by atoms with Gasteiger partial charge in [0.2, 0.25) is 0 Å². The molecule has 0 aliphatic carbocycles. The predicted octanol–water partition coefficient (Wildman–Crippen LogP) is 11.1. The van der Waals surface area contributed by atoms with Gasteiger partial charge in [-0.05, 0) is 109 Å². The van der Waals surface area contributed by atoms with E-state index < -0.39 is 0 Å². The van der Waals surface area contributed by atoms with Crippen molar-refractivity contribution in [2.75, 3.05) is 9.62 Å². The standard InChI is InChI=1S/C37H38N2S/c1-24(2)37-33(31-12-7-9-16-35(31)38-29-20-25(3)18-26(4)21-29)14-11-15-34(37)32-13-8-10-17-36(32)39(40)30-22-27(5)19-28(6)23-30/h7-24,38,40H,1-6H3. The molecule has 40 heavy (non-hydrogen) atoms. The fourth-order valence-electron chi connectivity index (χ4n) is 5.78. The van der Waals surface area contributed by atoms with Gasteiger partial charge in [0, 0.05) is 22.5 Å². The first-order valence-electron chi connectivity index (χ1n) is 14.0. The zero-order valence-electron chi connectivity index (χ0n) is 24.3. The number of nitrogens with zero attached hydrogens (tertiary/aromatic N) is 1. The van der Waals surface area contributed by atoms with Crippen LogP contribution in [0.4, 0.5) is 22.7 Å². The minimum atomic E-state index is 0.308. The Hall–Kier alpha value is -3.95. The molecule has 0 radical (unpaired) electrons. The minimum absolute atomic E-state index is 0.308. The molecule has 2 nitrogen and oxygen atoms in total. The van der Waals surface area contributed by atoms with Gasteiger partial charge in [-0.2, -0.15) is 0 Å². The summed E-state index contributed by atoms with van der Waals surface area (Å²) in [6, 6.07) is 37.1. The molecule has 0 heterocycles. The van der Waals surface area contributed by atoms with E-state index in [0.29, 0.717) is 5.92 Å². The van der Waals surface area contributed by atoms with Crippen LogP contribution < -0.4 is 9.62 Å². The number of rotatable bonds is 7. The molecule has 0 saturated carbocycles. The fraction of sp³-hybridized carbons (Fsp3) is 0.189. The van der Waals surface area contributed by atoms with Gasteiger partial charge >= 0.3 is 0 Å². The summed E-state index contributed by atoms with van der Waals surface area (Å²) in [5.41, 5.74) is 15.5. The van der Waals surface area contributed by atoms with Crippen molar-refractivity contribution >= 4 is 35.6 Å². The van der Waals surface area contributed by atoms with Crippen LogP contribution in [0, 0.1) is 27.7 Å². The van der Waals surface area contributed by atoms with Crippen LogP contribution in [0.25, 0.3) is 22.3 Å². The van der Waals surface area contributed by atoms with Crippen molar-refractivity contribution in [2.24, 2.45) is 0 Å². The van der Waals surface area contributed by atoms with E-state index in [1.165, 1.54) is 50.1 Å². The Morgan fingerprint density at radius 2 is 1.07 bits per heavy atom. The van der Waals surface area contributed by atoms with Gasteiger partial charge in [-0.1, -0.05) is 93.4 Å². The molecule has 0 atom stereocenters. The first-order chi connectivity index (χ1) is 19.2. The normalized spacial score (nSPS) is 11.1. The summed E-state index contributed by atoms with van der Waals surface area (Å²) in [4.78, 5) is 0. The van der Waals surface area contributed by atoms with Crippen molar-refractivity contribution in [2.45, 2.75) is 47.5 Å². The predicted molar refractivity (Wildman–Crippen MR) is 178 cm³/mol. The van der Waals surface area contributed by atoms with Crippen LogP contribution in [0.15, 0.2) is 103 Å². The third-order valence-corrected chi connectivity index (χ3v) is 7.72. The number of para-hydroxylation sites is 2. The summed E-state index contributed by atoms with van der Waals surface area (Å²) < 4.78 is 2.02. The SMILES string of the molecule is Cc1cc(C)cc(Nc2ccccc2-c2cccc(-c3ccccc3N(S)c3cc(C)cc(C)c3)c2C(C)C)c1. The van der Waals surface area contributed by atoms with E-state index in [9.17, 15) is 0 Å². The number of hydrogen-bond acceptors (Lipinski definition) is 3. The molecule has 0 aromatic heterocycles. The van der Waals surface area contributed by atoms with Crippen molar-refractivity contribution in [1.82, 2.24) is 0 Å². The Morgan fingerprint density at radius 1 is 0.575 bits per heavy atom. The second-order valence-corrected chi connectivity index (χ2v) is 11.5. The molecule has 3 heteroatoms. The summed E-state index contributed by atoms with van der Waals surface area (Å²) in [5.74, 6) is 0.308. The van der Waals surface area contributed by atoms with Crippen molar-refractivity contribution in [3.05, 3.63) is 131 Å². The molecular weight excluding hydrogens is 504 g/mol. The van der Waals surface area contributed by atoms with E-state index in [2.05, 4.69) is 150 Å².